The molecule has 1 aliphatic rings. The molecule has 4 radical (unpaired) electrons. The number of aliphatic imine (C=N–C) groups is 1. The average molecular weight is 2670 g/mol. The summed E-state index contributed by atoms with van der Waals surface area (Å²) in [5.74, 6) is -2.42. The Hall–Kier alpha value is -11.5. The Labute approximate surface area is 901 Å². The van der Waals surface area contributed by atoms with E-state index in [2.05, 4.69) is 354 Å². The van der Waals surface area contributed by atoms with Crippen LogP contribution in [0.4, 0.5) is 26.3 Å². The number of fused-ring (bicyclic) bond motifs is 2. The molecule has 0 spiro atoms. The van der Waals surface area contributed by atoms with Crippen LogP contribution in [0.15, 0.2) is 351 Å². The minimum atomic E-state index is -1.30. The zero-order valence-corrected chi connectivity index (χ0v) is 94.4. The van der Waals surface area contributed by atoms with E-state index in [9.17, 15) is 26.3 Å². The molecule has 3 unspecified atom stereocenters. The number of halogens is 6. The van der Waals surface area contributed by atoms with E-state index in [0.29, 0.717) is 65.9 Å². The average Bonchev–Trinajstić information content (AvgIpc) is 1.26. The number of tetrazole rings is 1. The second-order valence-corrected chi connectivity index (χ2v) is 41.3. The molecule has 19 rings (SSSR count). The predicted octanol–water partition coefficient (Wildman–Crippen LogP) is 28.5. The van der Waals surface area contributed by atoms with Crippen LogP contribution in [0.2, 0.25) is 0 Å². The second-order valence-electron chi connectivity index (χ2n) is 37.5. The van der Waals surface area contributed by atoms with Crippen molar-refractivity contribution in [2.24, 2.45) is 15.8 Å². The van der Waals surface area contributed by atoms with Gasteiger partial charge in [0.25, 0.3) is 0 Å². The van der Waals surface area contributed by atoms with Gasteiger partial charge in [0.05, 0.1) is 36.6 Å². The summed E-state index contributed by atoms with van der Waals surface area (Å²) in [6.45, 7) is 30.0. The van der Waals surface area contributed by atoms with E-state index in [4.69, 9.17) is 4.74 Å². The van der Waals surface area contributed by atoms with E-state index in [1.165, 1.54) is 64.8 Å². The Morgan fingerprint density at radius 3 is 1.53 bits per heavy atom. The fraction of sp³-hybridized carbons (Fsp3) is 0.215. The topological polar surface area (TPSA) is 139 Å². The molecule has 0 bridgehead atoms. The van der Waals surface area contributed by atoms with E-state index in [0.717, 1.165) is 109 Å². The van der Waals surface area contributed by atoms with Gasteiger partial charge in [0, 0.05) is 145 Å². The summed E-state index contributed by atoms with van der Waals surface area (Å²) in [5, 5.41) is 26.2. The fourth-order valence-corrected chi connectivity index (χ4v) is 19.6. The summed E-state index contributed by atoms with van der Waals surface area (Å²) in [4.78, 5) is 25.8. The molecule has 0 saturated carbocycles. The van der Waals surface area contributed by atoms with Crippen LogP contribution in [0.25, 0.3) is 89.2 Å². The molecule has 0 amide bonds. The minimum Gasteiger partial charge on any atom is -0.512 e. The number of ether oxygens (including phenoxy) is 1. The number of nitrogens with zero attached hydrogens (tertiary/aromatic N) is 10. The quantitative estimate of drug-likeness (QED) is 0.0412. The number of pyridine rings is 5. The molecule has 144 heavy (non-hydrogen) atoms. The summed E-state index contributed by atoms with van der Waals surface area (Å²) in [6.07, 6.45) is 13.1. The van der Waals surface area contributed by atoms with Gasteiger partial charge in [0.15, 0.2) is 0 Å². The van der Waals surface area contributed by atoms with Gasteiger partial charge in [0.1, 0.15) is 27.4 Å². The van der Waals surface area contributed by atoms with Crippen molar-refractivity contribution < 1.29 is 112 Å². The molecule has 7 heterocycles. The zero-order chi connectivity index (χ0) is 99.4. The summed E-state index contributed by atoms with van der Waals surface area (Å²) in [6, 6.07) is 119. The molecule has 23 heteroatoms. The summed E-state index contributed by atoms with van der Waals surface area (Å²) < 4.78 is 85.1. The predicted molar refractivity (Wildman–Crippen MR) is 565 cm³/mol. The normalized spacial score (nSPS) is 12.4. The van der Waals surface area contributed by atoms with Gasteiger partial charge in [-0.1, -0.05) is 300 Å². The molecule has 748 valence electrons. The Morgan fingerprint density at radius 1 is 0.444 bits per heavy atom. The molecule has 1 aliphatic heterocycles. The van der Waals surface area contributed by atoms with Crippen LogP contribution >= 0.6 is 16.5 Å². The molecule has 3 atom stereocenters. The monoisotopic (exact) mass is 2670 g/mol. The summed E-state index contributed by atoms with van der Waals surface area (Å²) in [7, 11) is -0.728. The first kappa shape index (κ1) is 116. The third kappa shape index (κ3) is 33.0. The Balaban J connectivity index is 0.000000194. The van der Waals surface area contributed by atoms with Crippen molar-refractivity contribution in [2.75, 3.05) is 0 Å². The Bertz CT molecular complexity index is 7040. The molecule has 0 saturated heterocycles. The molecule has 11 nitrogen and oxygen atoms in total. The maximum Gasteiger partial charge on any atom is 0.131 e. The van der Waals surface area contributed by atoms with Crippen LogP contribution in [0, 0.1) is 76.1 Å². The Kier molecular flexibility index (Phi) is 44.9. The number of aryl methyl sites for hydroxylation is 1. The van der Waals surface area contributed by atoms with Crippen molar-refractivity contribution in [3.8, 4) is 67.7 Å². The number of aromatic nitrogens is 9. The maximum absolute atomic E-state index is 13.7. The van der Waals surface area contributed by atoms with Gasteiger partial charge in [-0.25, -0.2) is 4.39 Å². The SMILES string of the molecule is CC(C)(C)CCc1ccnc(-c2[c-]cc(F)c(F)c2)c1.CC(C)(C)Cc1ccnc(-c2[c-]cccc2)c1.CC1(C)N=C(c2[c-]cccc2)OC1(C)C.CCC(C)c1ccnc(-c2[c-]cc(F)cc2F)c1.CCCC(C)c1cccc(-c2[c-]cc(F)cc2F)n1.[Ir].[Ir].[Ir].[Ir].c1ccc(-c2nnn[n-]2)nc1.c1ccc(Pc2ccc3ccccc3c2-c2c([PH+](c3ccccc3)c3ccccc3)ccc3ccccc23)cc1. The zero-order valence-electron chi connectivity index (χ0n) is 82.8. The molecule has 0 N–H and O–H groups in total. The van der Waals surface area contributed by atoms with Crippen molar-refractivity contribution in [1.29, 1.82) is 0 Å². The molecule has 0 fully saturated rings. The summed E-state index contributed by atoms with van der Waals surface area (Å²) in [5.41, 5.74) is 13.6. The van der Waals surface area contributed by atoms with Gasteiger partial charge in [-0.3, -0.25) is 42.2 Å². The first-order valence-corrected chi connectivity index (χ1v) is 49.5. The van der Waals surface area contributed by atoms with E-state index in [1.54, 1.807) is 30.7 Å². The van der Waals surface area contributed by atoms with Crippen LogP contribution in [0.5, 0.6) is 0 Å². The van der Waals surface area contributed by atoms with E-state index in [-0.39, 0.29) is 108 Å². The van der Waals surface area contributed by atoms with Crippen LogP contribution in [-0.2, 0) is 98.0 Å². The molecule has 18 aromatic rings. The van der Waals surface area contributed by atoms with Crippen molar-refractivity contribution in [2.45, 2.75) is 158 Å². The molecule has 6 aromatic heterocycles. The second kappa shape index (κ2) is 55.7. The Morgan fingerprint density at radius 2 is 0.979 bits per heavy atom. The fourth-order valence-electron chi connectivity index (χ4n) is 15.6. The van der Waals surface area contributed by atoms with Crippen molar-refractivity contribution >= 4 is 70.5 Å². The first-order valence-electron chi connectivity index (χ1n) is 47.0. The minimum absolute atomic E-state index is 0. The largest absolute Gasteiger partial charge is 0.512 e. The third-order valence-corrected chi connectivity index (χ3v) is 27.9. The standard InChI is InChI=1S/C38H28P2.C17H18F2N.C16H16F2N.C16H18N.C15H14F2N.C13H16NO.C6H4N5.4Ir/c1-4-16-30(17-5-1)39-35-26-24-28-14-10-12-22-33(28)37(35)38-34-23-13-11-15-29(34)25-27-36(38)40(31-18-6-2-7-19-31)32-20-8-3-9-21-32;1-17(2,3)8-6-12-7-9-20-16(10-12)13-4-5-14(18)15(19)11-13;1-3-5-11(2)15-6-4-7-16(19-15)13-9-8-12(17)10-14(13)18;1-16(2,3)12-13-9-10-17-15(11-13)14-7-5-4-6-8-14;1-3-10(2)11-6-7-18-15(8-11)13-5-4-12(16)9-14(13)17;1-12(2)13(3,4)15-11(14-12)10-8-6-5-7-9-10;1-2-4-7-5(3-1)6-8-10-11-9-6;;;;/h1-27,39H;5,7,9-11H,6,8H2,1-3H3;4,6-8,10-11H,3,5H2,1-2H3;4-7,9-11H,12H2,1-3H3;4,6-10H,3H2,1-2H3;5-8H,1-4H3;1-4H;;;;/q;6*-1;;;;/p+1. The van der Waals surface area contributed by atoms with Crippen molar-refractivity contribution in [3.63, 3.8) is 0 Å². The third-order valence-electron chi connectivity index (χ3n) is 23.8. The van der Waals surface area contributed by atoms with Crippen LogP contribution < -0.4 is 31.6 Å². The van der Waals surface area contributed by atoms with Crippen LogP contribution in [-0.4, -0.2) is 57.5 Å². The maximum atomic E-state index is 13.7. The molecular formula is C121H115F6Ir4N10OP2-5. The number of rotatable bonds is 20. The number of hydrogen-bond acceptors (Lipinski definition) is 10. The van der Waals surface area contributed by atoms with Gasteiger partial charge < -0.3 is 29.8 Å². The van der Waals surface area contributed by atoms with Gasteiger partial charge in [-0.05, 0) is 204 Å². The van der Waals surface area contributed by atoms with E-state index >= 15 is 0 Å². The van der Waals surface area contributed by atoms with Gasteiger partial charge >= 0.3 is 0 Å². The smallest absolute Gasteiger partial charge is 0.131 e. The van der Waals surface area contributed by atoms with Crippen LogP contribution in [0.1, 0.15) is 162 Å². The molecule has 12 aromatic carbocycles. The first-order chi connectivity index (χ1) is 67.4. The summed E-state index contributed by atoms with van der Waals surface area (Å²) >= 11 is 0. The molecular weight excluding hydrogens is 2550 g/mol. The van der Waals surface area contributed by atoms with Crippen molar-refractivity contribution in [1.82, 2.24) is 45.5 Å². The number of hydrogen-bond donors (Lipinski definition) is 0. The van der Waals surface area contributed by atoms with E-state index in [1.807, 2.05) is 103 Å². The number of benzene rings is 12. The van der Waals surface area contributed by atoms with Gasteiger partial charge in [-0.15, -0.1) is 114 Å². The van der Waals surface area contributed by atoms with Crippen LogP contribution in [0.3, 0.4) is 0 Å². The van der Waals surface area contributed by atoms with E-state index < -0.39 is 42.8 Å². The van der Waals surface area contributed by atoms with Gasteiger partial charge in [-0.2, -0.15) is 5.21 Å². The van der Waals surface area contributed by atoms with Crippen molar-refractivity contribution in [3.05, 3.63) is 439 Å². The van der Waals surface area contributed by atoms with Gasteiger partial charge in [0.2, 0.25) is 0 Å². The molecule has 0 aliphatic carbocycles.